The normalized spacial score (nSPS) is 14.8. The van der Waals surface area contributed by atoms with E-state index in [1.807, 2.05) is 38.1 Å². The summed E-state index contributed by atoms with van der Waals surface area (Å²) in [5.41, 5.74) is 2.70. The lowest BCUT2D eigenvalue weighted by Crippen LogP contribution is -2.35. The number of amides is 2. The summed E-state index contributed by atoms with van der Waals surface area (Å²) in [7, 11) is 0. The van der Waals surface area contributed by atoms with Crippen molar-refractivity contribution in [1.82, 2.24) is 4.90 Å². The standard InChI is InChI=1S/C25H26ClNO6S/c1-5-31-20-11-18(10-19(26)23(20)32-14-17-8-6-16(4)7-9-17)12-21-24(29)27(25(30)34-21)13-22(28)33-15(2)3/h6-12,15H,5,13-14H2,1-4H3/b21-12-. The maximum absolute atomic E-state index is 12.7. The van der Waals surface area contributed by atoms with E-state index in [0.717, 1.165) is 27.8 Å². The number of imide groups is 1. The Morgan fingerprint density at radius 2 is 1.85 bits per heavy atom. The molecule has 9 heteroatoms. The van der Waals surface area contributed by atoms with E-state index in [4.69, 9.17) is 25.8 Å². The number of nitrogens with zero attached hydrogens (tertiary/aromatic N) is 1. The summed E-state index contributed by atoms with van der Waals surface area (Å²) < 4.78 is 16.7. The minimum Gasteiger partial charge on any atom is -0.490 e. The van der Waals surface area contributed by atoms with E-state index < -0.39 is 23.7 Å². The van der Waals surface area contributed by atoms with Gasteiger partial charge in [0, 0.05) is 0 Å². The molecule has 2 aromatic carbocycles. The van der Waals surface area contributed by atoms with Crippen molar-refractivity contribution in [3.63, 3.8) is 0 Å². The molecule has 0 aromatic heterocycles. The van der Waals surface area contributed by atoms with Crippen LogP contribution >= 0.6 is 23.4 Å². The number of thioether (sulfide) groups is 1. The van der Waals surface area contributed by atoms with E-state index in [-0.39, 0.29) is 11.0 Å². The number of aryl methyl sites for hydroxylation is 1. The number of hydrogen-bond donors (Lipinski definition) is 0. The summed E-state index contributed by atoms with van der Waals surface area (Å²) in [5.74, 6) is -0.390. The summed E-state index contributed by atoms with van der Waals surface area (Å²) in [6.07, 6.45) is 1.20. The van der Waals surface area contributed by atoms with Crippen LogP contribution in [0.4, 0.5) is 4.79 Å². The van der Waals surface area contributed by atoms with E-state index in [1.165, 1.54) is 6.08 Å². The van der Waals surface area contributed by atoms with Crippen LogP contribution in [0.5, 0.6) is 11.5 Å². The number of hydrogen-bond acceptors (Lipinski definition) is 7. The van der Waals surface area contributed by atoms with Gasteiger partial charge >= 0.3 is 5.97 Å². The monoisotopic (exact) mass is 503 g/mol. The zero-order chi connectivity index (χ0) is 24.8. The van der Waals surface area contributed by atoms with Crippen molar-refractivity contribution in [2.75, 3.05) is 13.2 Å². The molecule has 0 saturated carbocycles. The highest BCUT2D eigenvalue weighted by molar-refractivity contribution is 8.18. The zero-order valence-electron chi connectivity index (χ0n) is 19.4. The Bertz CT molecular complexity index is 1110. The first-order chi connectivity index (χ1) is 16.2. The molecule has 0 unspecified atom stereocenters. The molecule has 1 aliphatic rings. The van der Waals surface area contributed by atoms with Crippen molar-refractivity contribution in [3.8, 4) is 11.5 Å². The van der Waals surface area contributed by atoms with Gasteiger partial charge in [0.15, 0.2) is 11.5 Å². The highest BCUT2D eigenvalue weighted by atomic mass is 35.5. The molecule has 0 spiro atoms. The highest BCUT2D eigenvalue weighted by Crippen LogP contribution is 2.39. The second kappa shape index (κ2) is 11.4. The molecule has 0 bridgehead atoms. The van der Waals surface area contributed by atoms with Gasteiger partial charge in [-0.3, -0.25) is 19.3 Å². The van der Waals surface area contributed by atoms with Gasteiger partial charge in [-0.2, -0.15) is 0 Å². The maximum atomic E-state index is 12.7. The van der Waals surface area contributed by atoms with Crippen molar-refractivity contribution in [2.45, 2.75) is 40.4 Å². The van der Waals surface area contributed by atoms with Crippen molar-refractivity contribution < 1.29 is 28.6 Å². The molecule has 180 valence electrons. The molecule has 0 N–H and O–H groups in total. The van der Waals surface area contributed by atoms with Gasteiger partial charge < -0.3 is 14.2 Å². The van der Waals surface area contributed by atoms with Gasteiger partial charge in [0.1, 0.15) is 13.2 Å². The minimum absolute atomic E-state index is 0.175. The van der Waals surface area contributed by atoms with E-state index in [2.05, 4.69) is 0 Å². The topological polar surface area (TPSA) is 82.1 Å². The molecule has 1 aliphatic heterocycles. The van der Waals surface area contributed by atoms with E-state index in [0.29, 0.717) is 35.3 Å². The number of rotatable bonds is 9. The Balaban J connectivity index is 1.80. The molecule has 0 aliphatic carbocycles. The molecule has 34 heavy (non-hydrogen) atoms. The largest absolute Gasteiger partial charge is 0.490 e. The SMILES string of the molecule is CCOc1cc(/C=C2\SC(=O)N(CC(=O)OC(C)C)C2=O)cc(Cl)c1OCc1ccc(C)cc1. The third-order valence-electron chi connectivity index (χ3n) is 4.66. The number of benzene rings is 2. The Morgan fingerprint density at radius 3 is 2.50 bits per heavy atom. The lowest BCUT2D eigenvalue weighted by Gasteiger charge is -2.15. The van der Waals surface area contributed by atoms with Crippen LogP contribution < -0.4 is 9.47 Å². The highest BCUT2D eigenvalue weighted by Gasteiger charge is 2.36. The molecule has 1 fully saturated rings. The fraction of sp³-hybridized carbons (Fsp3) is 0.320. The molecule has 0 radical (unpaired) electrons. The van der Waals surface area contributed by atoms with Gasteiger partial charge in [-0.05, 0) is 68.8 Å². The average Bonchev–Trinajstić information content (AvgIpc) is 3.01. The molecule has 1 saturated heterocycles. The Kier molecular flexibility index (Phi) is 8.63. The van der Waals surface area contributed by atoms with Crippen molar-refractivity contribution >= 4 is 46.6 Å². The fourth-order valence-corrected chi connectivity index (χ4v) is 4.24. The number of ether oxygens (including phenoxy) is 3. The first-order valence-corrected chi connectivity index (χ1v) is 12.0. The van der Waals surface area contributed by atoms with Gasteiger partial charge in [0.2, 0.25) is 0 Å². The minimum atomic E-state index is -0.643. The molecule has 1 heterocycles. The number of carbonyl (C=O) groups excluding carboxylic acids is 3. The first-order valence-electron chi connectivity index (χ1n) is 10.8. The van der Waals surface area contributed by atoms with E-state index >= 15 is 0 Å². The van der Waals surface area contributed by atoms with Crippen LogP contribution in [0.25, 0.3) is 6.08 Å². The molecule has 7 nitrogen and oxygen atoms in total. The Morgan fingerprint density at radius 1 is 1.15 bits per heavy atom. The van der Waals surface area contributed by atoms with Crippen LogP contribution in [-0.4, -0.2) is 41.3 Å². The van der Waals surface area contributed by atoms with Gasteiger partial charge in [0.25, 0.3) is 11.1 Å². The average molecular weight is 504 g/mol. The van der Waals surface area contributed by atoms with Crippen molar-refractivity contribution in [3.05, 3.63) is 63.0 Å². The second-order valence-electron chi connectivity index (χ2n) is 7.84. The summed E-state index contributed by atoms with van der Waals surface area (Å²) in [5, 5.41) is -0.227. The fourth-order valence-electron chi connectivity index (χ4n) is 3.13. The van der Waals surface area contributed by atoms with Crippen LogP contribution in [0.2, 0.25) is 5.02 Å². The third-order valence-corrected chi connectivity index (χ3v) is 5.85. The Hall–Kier alpha value is -2.97. The summed E-state index contributed by atoms with van der Waals surface area (Å²) in [6, 6.07) is 11.3. The summed E-state index contributed by atoms with van der Waals surface area (Å²) in [4.78, 5) is 37.9. The Labute approximate surface area is 208 Å². The second-order valence-corrected chi connectivity index (χ2v) is 9.24. The van der Waals surface area contributed by atoms with Gasteiger partial charge in [-0.15, -0.1) is 0 Å². The first kappa shape index (κ1) is 25.6. The van der Waals surface area contributed by atoms with Crippen LogP contribution in [-0.2, 0) is 20.9 Å². The molecule has 0 atom stereocenters. The lowest BCUT2D eigenvalue weighted by molar-refractivity contribution is -0.149. The van der Waals surface area contributed by atoms with E-state index in [9.17, 15) is 14.4 Å². The zero-order valence-corrected chi connectivity index (χ0v) is 21.0. The van der Waals surface area contributed by atoms with Gasteiger partial charge in [-0.25, -0.2) is 0 Å². The smallest absolute Gasteiger partial charge is 0.326 e. The molecule has 2 aromatic rings. The van der Waals surface area contributed by atoms with Crippen LogP contribution in [0.3, 0.4) is 0 Å². The summed E-state index contributed by atoms with van der Waals surface area (Å²) in [6.45, 7) is 7.50. The van der Waals surface area contributed by atoms with E-state index in [1.54, 1.807) is 26.0 Å². The maximum Gasteiger partial charge on any atom is 0.326 e. The van der Waals surface area contributed by atoms with Crippen molar-refractivity contribution in [2.24, 2.45) is 0 Å². The van der Waals surface area contributed by atoms with Crippen LogP contribution in [0, 0.1) is 6.92 Å². The molecular weight excluding hydrogens is 478 g/mol. The number of esters is 1. The van der Waals surface area contributed by atoms with Crippen molar-refractivity contribution in [1.29, 1.82) is 0 Å². The van der Waals surface area contributed by atoms with Gasteiger partial charge in [0.05, 0.1) is 22.6 Å². The van der Waals surface area contributed by atoms with Gasteiger partial charge in [-0.1, -0.05) is 41.4 Å². The molecule has 3 rings (SSSR count). The van der Waals surface area contributed by atoms with Crippen LogP contribution in [0.15, 0.2) is 41.3 Å². The quantitative estimate of drug-likeness (QED) is 0.324. The predicted octanol–water partition coefficient (Wildman–Crippen LogP) is 5.61. The summed E-state index contributed by atoms with van der Waals surface area (Å²) >= 11 is 7.24. The lowest BCUT2D eigenvalue weighted by atomic mass is 10.1. The van der Waals surface area contributed by atoms with Crippen LogP contribution in [0.1, 0.15) is 37.5 Å². The number of halogens is 1. The predicted molar refractivity (Wildman–Crippen MR) is 132 cm³/mol. The third kappa shape index (κ3) is 6.55. The molecule has 2 amide bonds. The molecular formula is C25H26ClNO6S. The number of carbonyl (C=O) groups is 3.